The van der Waals surface area contributed by atoms with Gasteiger partial charge in [-0.15, -0.1) is 0 Å². The van der Waals surface area contributed by atoms with E-state index in [0.717, 1.165) is 11.1 Å². The number of ether oxygens (including phenoxy) is 2. The van der Waals surface area contributed by atoms with E-state index in [9.17, 15) is 30.0 Å². The summed E-state index contributed by atoms with van der Waals surface area (Å²) < 4.78 is 12.0. The third kappa shape index (κ3) is 4.70. The predicted molar refractivity (Wildman–Crippen MR) is 165 cm³/mol. The van der Waals surface area contributed by atoms with Gasteiger partial charge in [0.15, 0.2) is 0 Å². The molecule has 0 bridgehead atoms. The van der Waals surface area contributed by atoms with Crippen molar-refractivity contribution in [2.24, 2.45) is 16.7 Å². The van der Waals surface area contributed by atoms with Crippen molar-refractivity contribution in [3.05, 3.63) is 83.7 Å². The van der Waals surface area contributed by atoms with Gasteiger partial charge in [-0.2, -0.15) is 0 Å². The maximum Gasteiger partial charge on any atom is 0.340 e. The SMILES string of the molecule is CC(OC(=O)c1cccnc1)[C@@]1(O)CC[C@]2(O)[C@]1(C)C(OC(=O)/C=C/c1ccccc1)C[C@@H]1[C@@]3(C)CCC(O)CC3=CC[C@]12O. The molecule has 0 radical (unpaired) electrons. The summed E-state index contributed by atoms with van der Waals surface area (Å²) in [4.78, 5) is 30.5. The van der Waals surface area contributed by atoms with E-state index in [4.69, 9.17) is 9.47 Å². The van der Waals surface area contributed by atoms with E-state index in [1.165, 1.54) is 18.5 Å². The lowest BCUT2D eigenvalue weighted by atomic mass is 9.42. The molecule has 3 fully saturated rings. The maximum absolute atomic E-state index is 13.4. The lowest BCUT2D eigenvalue weighted by Gasteiger charge is -2.67. The number of carbonyl (C=O) groups is 2. The topological polar surface area (TPSA) is 146 Å². The molecule has 3 unspecified atom stereocenters. The average molecular weight is 618 g/mol. The van der Waals surface area contributed by atoms with Gasteiger partial charge in [-0.05, 0) is 81.1 Å². The Morgan fingerprint density at radius 2 is 1.80 bits per heavy atom. The third-order valence-corrected chi connectivity index (χ3v) is 12.0. The van der Waals surface area contributed by atoms with Crippen LogP contribution in [0, 0.1) is 16.7 Å². The van der Waals surface area contributed by atoms with E-state index < -0.39 is 63.8 Å². The summed E-state index contributed by atoms with van der Waals surface area (Å²) in [6.45, 7) is 5.27. The second kappa shape index (κ2) is 11.2. The number of benzene rings is 1. The number of esters is 2. The number of aliphatic hydroxyl groups excluding tert-OH is 1. The standard InChI is InChI=1S/C36H43NO8/c1-23(44-31(40)25-10-7-19-37-22-25)34(41)17-18-36(43)33(34,3)29(45-30(39)12-11-24-8-5-4-6-9-24)21-28-32(2)15-14-27(38)20-26(32)13-16-35(28,36)42/h4-13,19,22-23,27-29,38,41-43H,14-18,20-21H2,1-3H3/b12-11+/t23?,27?,28-,29?,32+,33-,34+,35+,36+/m1/s1. The Labute approximate surface area is 263 Å². The fourth-order valence-corrected chi connectivity index (χ4v) is 9.21. The van der Waals surface area contributed by atoms with Crippen molar-refractivity contribution in [2.75, 3.05) is 0 Å². The Balaban J connectivity index is 1.40. The molecule has 0 amide bonds. The molecule has 3 saturated carbocycles. The van der Waals surface area contributed by atoms with Crippen LogP contribution in [0.15, 0.2) is 72.6 Å². The highest BCUT2D eigenvalue weighted by molar-refractivity contribution is 5.89. The first-order valence-electron chi connectivity index (χ1n) is 15.9. The molecule has 9 atom stereocenters. The van der Waals surface area contributed by atoms with Crippen molar-refractivity contribution < 1.29 is 39.5 Å². The summed E-state index contributed by atoms with van der Waals surface area (Å²) in [5.41, 5.74) is -5.62. The molecule has 45 heavy (non-hydrogen) atoms. The van der Waals surface area contributed by atoms with E-state index in [2.05, 4.69) is 11.9 Å². The predicted octanol–water partition coefficient (Wildman–Crippen LogP) is 4.15. The Morgan fingerprint density at radius 1 is 1.04 bits per heavy atom. The van der Waals surface area contributed by atoms with E-state index in [1.807, 2.05) is 36.4 Å². The van der Waals surface area contributed by atoms with E-state index in [-0.39, 0.29) is 31.2 Å². The van der Waals surface area contributed by atoms with Crippen LogP contribution in [0.2, 0.25) is 0 Å². The fraction of sp³-hybridized carbons (Fsp3) is 0.528. The second-order valence-corrected chi connectivity index (χ2v) is 13.9. The number of rotatable bonds is 6. The molecule has 6 rings (SSSR count). The van der Waals surface area contributed by atoms with E-state index in [0.29, 0.717) is 19.3 Å². The number of aliphatic hydroxyl groups is 4. The van der Waals surface area contributed by atoms with Crippen LogP contribution in [-0.4, -0.2) is 72.5 Å². The van der Waals surface area contributed by atoms with Gasteiger partial charge < -0.3 is 29.9 Å². The molecule has 1 aromatic carbocycles. The average Bonchev–Trinajstić information content (AvgIpc) is 3.26. The molecule has 0 aliphatic heterocycles. The molecular formula is C36H43NO8. The molecule has 1 aromatic heterocycles. The second-order valence-electron chi connectivity index (χ2n) is 13.9. The first kappa shape index (κ1) is 31.6. The zero-order valence-corrected chi connectivity index (χ0v) is 26.1. The summed E-state index contributed by atoms with van der Waals surface area (Å²) in [6, 6.07) is 12.5. The monoisotopic (exact) mass is 617 g/mol. The number of nitrogens with zero attached hydrogens (tertiary/aromatic N) is 1. The van der Waals surface area contributed by atoms with Crippen LogP contribution in [0.5, 0.6) is 0 Å². The minimum absolute atomic E-state index is 0.00241. The van der Waals surface area contributed by atoms with Crippen LogP contribution in [0.3, 0.4) is 0 Å². The normalized spacial score (nSPS) is 39.6. The summed E-state index contributed by atoms with van der Waals surface area (Å²) in [5.74, 6) is -1.86. The number of pyridine rings is 1. The first-order chi connectivity index (χ1) is 21.3. The van der Waals surface area contributed by atoms with Crippen molar-refractivity contribution in [1.29, 1.82) is 0 Å². The van der Waals surface area contributed by atoms with E-state index in [1.54, 1.807) is 32.1 Å². The highest BCUT2D eigenvalue weighted by Gasteiger charge is 2.81. The van der Waals surface area contributed by atoms with Crippen LogP contribution < -0.4 is 0 Å². The minimum atomic E-state index is -1.91. The first-order valence-corrected chi connectivity index (χ1v) is 15.9. The largest absolute Gasteiger partial charge is 0.458 e. The number of carbonyl (C=O) groups excluding carboxylic acids is 2. The van der Waals surface area contributed by atoms with Gasteiger partial charge >= 0.3 is 11.9 Å². The van der Waals surface area contributed by atoms with Gasteiger partial charge in [0.2, 0.25) is 0 Å². The lowest BCUT2D eigenvalue weighted by molar-refractivity contribution is -0.326. The smallest absolute Gasteiger partial charge is 0.340 e. The van der Waals surface area contributed by atoms with Gasteiger partial charge in [-0.3, -0.25) is 4.98 Å². The number of aromatic nitrogens is 1. The summed E-state index contributed by atoms with van der Waals surface area (Å²) in [6.07, 6.45) is 7.05. The summed E-state index contributed by atoms with van der Waals surface area (Å²) in [7, 11) is 0. The Bertz CT molecular complexity index is 1510. The molecule has 0 saturated heterocycles. The summed E-state index contributed by atoms with van der Waals surface area (Å²) in [5, 5.41) is 48.6. The molecule has 9 nitrogen and oxygen atoms in total. The molecule has 4 N–H and O–H groups in total. The molecular weight excluding hydrogens is 574 g/mol. The van der Waals surface area contributed by atoms with Gasteiger partial charge in [0.05, 0.1) is 17.1 Å². The van der Waals surface area contributed by atoms with E-state index >= 15 is 0 Å². The van der Waals surface area contributed by atoms with Gasteiger partial charge in [0, 0.05) is 24.4 Å². The van der Waals surface area contributed by atoms with Crippen molar-refractivity contribution >= 4 is 18.0 Å². The van der Waals surface area contributed by atoms with Gasteiger partial charge in [-0.1, -0.05) is 55.8 Å². The van der Waals surface area contributed by atoms with Gasteiger partial charge in [0.25, 0.3) is 0 Å². The zero-order chi connectivity index (χ0) is 32.3. The Kier molecular flexibility index (Phi) is 7.84. The van der Waals surface area contributed by atoms with Crippen LogP contribution in [0.4, 0.5) is 0 Å². The molecule has 240 valence electrons. The highest BCUT2D eigenvalue weighted by Crippen LogP contribution is 2.71. The van der Waals surface area contributed by atoms with Crippen molar-refractivity contribution in [3.8, 4) is 0 Å². The maximum atomic E-state index is 13.4. The molecule has 0 spiro atoms. The minimum Gasteiger partial charge on any atom is -0.458 e. The molecule has 2 aromatic rings. The van der Waals surface area contributed by atoms with Crippen molar-refractivity contribution in [1.82, 2.24) is 4.98 Å². The van der Waals surface area contributed by atoms with Gasteiger partial charge in [-0.25, -0.2) is 9.59 Å². The van der Waals surface area contributed by atoms with Gasteiger partial charge in [0.1, 0.15) is 29.0 Å². The van der Waals surface area contributed by atoms with Crippen molar-refractivity contribution in [2.45, 2.75) is 101 Å². The lowest BCUT2D eigenvalue weighted by Crippen LogP contribution is -2.78. The van der Waals surface area contributed by atoms with Crippen LogP contribution >= 0.6 is 0 Å². The summed E-state index contributed by atoms with van der Waals surface area (Å²) >= 11 is 0. The Morgan fingerprint density at radius 3 is 2.51 bits per heavy atom. The zero-order valence-electron chi connectivity index (χ0n) is 26.1. The highest BCUT2D eigenvalue weighted by atomic mass is 16.6. The molecule has 4 aliphatic carbocycles. The number of hydrogen-bond donors (Lipinski definition) is 4. The molecule has 9 heteroatoms. The number of fused-ring (bicyclic) bond motifs is 5. The van der Waals surface area contributed by atoms with Crippen molar-refractivity contribution in [3.63, 3.8) is 0 Å². The van der Waals surface area contributed by atoms with Crippen LogP contribution in [0.25, 0.3) is 6.08 Å². The fourth-order valence-electron chi connectivity index (χ4n) is 9.21. The van der Waals surface area contributed by atoms with Crippen LogP contribution in [0.1, 0.15) is 81.6 Å². The molecule has 1 heterocycles. The number of hydrogen-bond acceptors (Lipinski definition) is 9. The molecule has 4 aliphatic rings. The van der Waals surface area contributed by atoms with Crippen LogP contribution in [-0.2, 0) is 14.3 Å². The third-order valence-electron chi connectivity index (χ3n) is 12.0. The Hall–Kier alpha value is -3.37. The quantitative estimate of drug-likeness (QED) is 0.213.